The quantitative estimate of drug-likeness (QED) is 0.0703. The van der Waals surface area contributed by atoms with Gasteiger partial charge in [0.1, 0.15) is 5.75 Å². The van der Waals surface area contributed by atoms with Crippen molar-refractivity contribution in [2.24, 2.45) is 0 Å². The molecule has 0 aliphatic heterocycles. The second-order valence-electron chi connectivity index (χ2n) is 11.5. The van der Waals surface area contributed by atoms with Crippen LogP contribution in [0.4, 0.5) is 92.2 Å². The van der Waals surface area contributed by atoms with Gasteiger partial charge in [-0.15, -0.1) is 0 Å². The van der Waals surface area contributed by atoms with E-state index in [4.69, 9.17) is 4.74 Å². The van der Waals surface area contributed by atoms with Gasteiger partial charge in [-0.05, 0) is 30.7 Å². The van der Waals surface area contributed by atoms with E-state index in [2.05, 4.69) is 4.74 Å². The molecule has 0 aliphatic rings. The van der Waals surface area contributed by atoms with E-state index in [-0.39, 0.29) is 6.42 Å². The van der Waals surface area contributed by atoms with Crippen molar-refractivity contribution in [2.45, 2.75) is 124 Å². The number of esters is 1. The summed E-state index contributed by atoms with van der Waals surface area (Å²) in [4.78, 5) is 24.1. The van der Waals surface area contributed by atoms with Gasteiger partial charge in [-0.1, -0.05) is 45.4 Å². The first kappa shape index (κ1) is 48.7. The molecule has 0 heterocycles. The van der Waals surface area contributed by atoms with Crippen LogP contribution in [0.1, 0.15) is 64.7 Å². The zero-order chi connectivity index (χ0) is 42.6. The number of ether oxygens (including phenoxy) is 2. The van der Waals surface area contributed by atoms with Crippen molar-refractivity contribution in [3.8, 4) is 11.5 Å². The molecule has 0 aliphatic carbocycles. The first-order valence-electron chi connectivity index (χ1n) is 15.0. The largest absolute Gasteiger partial charge is 0.493 e. The predicted molar refractivity (Wildman–Crippen MR) is 142 cm³/mol. The van der Waals surface area contributed by atoms with Crippen molar-refractivity contribution >= 4 is 5.97 Å². The standard InChI is InChI=1S/C29H27F21O4/c1-2-3-4-5-6-7-8-9-19(52)54-18-13-11-16(10-12-17(18)51)53-15-14-20(30,31)21(32,33)22(34,35)23(36,37)24(38,39)25(40,41)26(42,43)27(44,45)28(46,47)29(48,49)50/h10-13H,2-9,14-15H2,1H3. The third-order valence-corrected chi connectivity index (χ3v) is 7.51. The summed E-state index contributed by atoms with van der Waals surface area (Å²) in [7, 11) is 0. The number of rotatable bonds is 21. The lowest BCUT2D eigenvalue weighted by molar-refractivity contribution is -0.474. The maximum Gasteiger partial charge on any atom is 0.460 e. The van der Waals surface area contributed by atoms with Gasteiger partial charge in [0, 0.05) is 6.42 Å². The zero-order valence-electron chi connectivity index (χ0n) is 27.0. The van der Waals surface area contributed by atoms with Crippen LogP contribution in [0.15, 0.2) is 29.1 Å². The van der Waals surface area contributed by atoms with Gasteiger partial charge < -0.3 is 9.47 Å². The molecular weight excluding hydrogens is 811 g/mol. The topological polar surface area (TPSA) is 52.6 Å². The third kappa shape index (κ3) is 8.88. The summed E-state index contributed by atoms with van der Waals surface area (Å²) in [6.45, 7) is -0.0467. The van der Waals surface area contributed by atoms with Crippen molar-refractivity contribution in [3.63, 3.8) is 0 Å². The lowest BCUT2D eigenvalue weighted by Crippen LogP contribution is -2.76. The van der Waals surface area contributed by atoms with Crippen LogP contribution in [0.3, 0.4) is 0 Å². The SMILES string of the molecule is CCCCCCCCCC(=O)Oc1ccc(OCCC(F)(F)C(F)(F)C(F)(F)C(F)(F)C(F)(F)C(F)(F)C(F)(F)C(F)(F)C(F)(F)C(F)(F)F)ccc1=O. The summed E-state index contributed by atoms with van der Waals surface area (Å²) >= 11 is 0. The van der Waals surface area contributed by atoms with Gasteiger partial charge in [-0.25, -0.2) is 0 Å². The number of alkyl halides is 21. The number of carbonyl (C=O) groups excluding carboxylic acids is 1. The summed E-state index contributed by atoms with van der Waals surface area (Å²) in [5.41, 5.74) is -1.10. The highest BCUT2D eigenvalue weighted by molar-refractivity contribution is 5.72. The molecule has 0 bridgehead atoms. The Hall–Kier alpha value is -3.31. The molecular formula is C29H27F21O4. The summed E-state index contributed by atoms with van der Waals surface area (Å²) in [5, 5.41) is 0. The Labute approximate surface area is 289 Å². The van der Waals surface area contributed by atoms with Crippen LogP contribution >= 0.6 is 0 Å². The fraction of sp³-hybridized carbons (Fsp3) is 0.724. The second kappa shape index (κ2) is 16.4. The molecule has 0 fully saturated rings. The lowest BCUT2D eigenvalue weighted by atomic mass is 9.86. The van der Waals surface area contributed by atoms with Gasteiger partial charge in [-0.3, -0.25) is 9.59 Å². The van der Waals surface area contributed by atoms with Gasteiger partial charge in [-0.2, -0.15) is 92.2 Å². The molecule has 54 heavy (non-hydrogen) atoms. The molecule has 0 amide bonds. The molecule has 4 nitrogen and oxygen atoms in total. The molecule has 0 N–H and O–H groups in total. The third-order valence-electron chi connectivity index (χ3n) is 7.51. The fourth-order valence-corrected chi connectivity index (χ4v) is 4.16. The molecule has 0 unspecified atom stereocenters. The van der Waals surface area contributed by atoms with Gasteiger partial charge >= 0.3 is 65.4 Å². The van der Waals surface area contributed by atoms with Crippen molar-refractivity contribution in [2.75, 3.05) is 6.61 Å². The molecule has 0 radical (unpaired) electrons. The average molecular weight is 838 g/mol. The Morgan fingerprint density at radius 3 is 1.35 bits per heavy atom. The van der Waals surface area contributed by atoms with Crippen LogP contribution in [0.25, 0.3) is 0 Å². The molecule has 1 aromatic rings. The van der Waals surface area contributed by atoms with Crippen LogP contribution in [-0.2, 0) is 4.79 Å². The first-order chi connectivity index (χ1) is 24.1. The fourth-order valence-electron chi connectivity index (χ4n) is 4.16. The van der Waals surface area contributed by atoms with E-state index in [1.54, 1.807) is 0 Å². The van der Waals surface area contributed by atoms with Crippen LogP contribution in [0.2, 0.25) is 0 Å². The van der Waals surface area contributed by atoms with Crippen molar-refractivity contribution in [1.29, 1.82) is 0 Å². The molecule has 0 atom stereocenters. The summed E-state index contributed by atoms with van der Waals surface area (Å²) < 4.78 is 294. The van der Waals surface area contributed by atoms with E-state index in [9.17, 15) is 102 Å². The highest BCUT2D eigenvalue weighted by Gasteiger charge is 2.97. The summed E-state index contributed by atoms with van der Waals surface area (Å²) in [6, 6.07) is 2.32. The van der Waals surface area contributed by atoms with Crippen LogP contribution < -0.4 is 14.9 Å². The summed E-state index contributed by atoms with van der Waals surface area (Å²) in [6.07, 6.45) is -5.59. The normalized spacial score (nSPS) is 14.6. The Morgan fingerprint density at radius 2 is 0.907 bits per heavy atom. The highest BCUT2D eigenvalue weighted by Crippen LogP contribution is 2.66. The number of hydrogen-bond donors (Lipinski definition) is 0. The molecule has 0 aromatic heterocycles. The smallest absolute Gasteiger partial charge is 0.460 e. The summed E-state index contributed by atoms with van der Waals surface area (Å²) in [5.74, 6) is -80.2. The van der Waals surface area contributed by atoms with Crippen molar-refractivity contribution in [1.82, 2.24) is 0 Å². The zero-order valence-corrected chi connectivity index (χ0v) is 27.0. The maximum absolute atomic E-state index is 14.2. The Kier molecular flexibility index (Phi) is 14.8. The van der Waals surface area contributed by atoms with Crippen LogP contribution in [-0.4, -0.2) is 72.1 Å². The molecule has 0 saturated carbocycles. The molecule has 1 rings (SSSR count). The molecule has 314 valence electrons. The molecule has 25 heteroatoms. The monoisotopic (exact) mass is 838 g/mol. The molecule has 0 saturated heterocycles. The van der Waals surface area contributed by atoms with Crippen LogP contribution in [0.5, 0.6) is 11.5 Å². The van der Waals surface area contributed by atoms with E-state index in [0.717, 1.165) is 32.1 Å². The highest BCUT2D eigenvalue weighted by atomic mass is 19.4. The van der Waals surface area contributed by atoms with Gasteiger partial charge in [0.25, 0.3) is 0 Å². The molecule has 0 spiro atoms. The van der Waals surface area contributed by atoms with Crippen LogP contribution in [0, 0.1) is 0 Å². The number of carbonyl (C=O) groups is 1. The Bertz CT molecular complexity index is 1470. The lowest BCUT2D eigenvalue weighted by Gasteiger charge is -2.44. The van der Waals surface area contributed by atoms with E-state index >= 15 is 0 Å². The van der Waals surface area contributed by atoms with E-state index in [1.807, 2.05) is 6.92 Å². The minimum Gasteiger partial charge on any atom is -0.493 e. The average Bonchev–Trinajstić information content (AvgIpc) is 3.19. The van der Waals surface area contributed by atoms with E-state index in [1.165, 1.54) is 0 Å². The van der Waals surface area contributed by atoms with Gasteiger partial charge in [0.15, 0.2) is 5.75 Å². The van der Waals surface area contributed by atoms with Crippen molar-refractivity contribution < 1.29 is 106 Å². The number of unbranched alkanes of at least 4 members (excludes halogenated alkanes) is 6. The minimum absolute atomic E-state index is 0.172. The molecule has 1 aromatic carbocycles. The Morgan fingerprint density at radius 1 is 0.519 bits per heavy atom. The van der Waals surface area contributed by atoms with Crippen molar-refractivity contribution in [3.05, 3.63) is 34.5 Å². The number of hydrogen-bond acceptors (Lipinski definition) is 4. The second-order valence-corrected chi connectivity index (χ2v) is 11.5. The minimum atomic E-state index is -9.25. The number of halogens is 21. The van der Waals surface area contributed by atoms with E-state index in [0.29, 0.717) is 37.1 Å². The first-order valence-corrected chi connectivity index (χ1v) is 15.0. The maximum atomic E-state index is 14.2. The van der Waals surface area contributed by atoms with E-state index < -0.39 is 95.4 Å². The van der Waals surface area contributed by atoms with Gasteiger partial charge in [0.2, 0.25) is 5.43 Å². The predicted octanol–water partition coefficient (Wildman–Crippen LogP) is 11.1. The Balaban J connectivity index is 3.22. The van der Waals surface area contributed by atoms with Gasteiger partial charge in [0.05, 0.1) is 13.0 Å².